The summed E-state index contributed by atoms with van der Waals surface area (Å²) in [6.45, 7) is 5.38. The summed E-state index contributed by atoms with van der Waals surface area (Å²) >= 11 is 0. The van der Waals surface area contributed by atoms with E-state index in [1.54, 1.807) is 7.05 Å². The third-order valence-electron chi connectivity index (χ3n) is 1.16. The topological polar surface area (TPSA) is 32.3 Å². The molecule has 0 aliphatic heterocycles. The summed E-state index contributed by atoms with van der Waals surface area (Å²) in [6, 6.07) is 0.0648. The molecule has 48 valence electrons. The van der Waals surface area contributed by atoms with E-state index in [2.05, 4.69) is 11.9 Å². The second-order valence-electron chi connectivity index (χ2n) is 1.74. The Labute approximate surface area is 50.2 Å². The van der Waals surface area contributed by atoms with Crippen LogP contribution in [-0.2, 0) is 0 Å². The lowest BCUT2D eigenvalue weighted by Gasteiger charge is -2.10. The molecule has 0 saturated carbocycles. The van der Waals surface area contributed by atoms with Gasteiger partial charge >= 0.3 is 0 Å². The van der Waals surface area contributed by atoms with Gasteiger partial charge in [0.15, 0.2) is 0 Å². The molecule has 1 unspecified atom stereocenters. The third-order valence-corrected chi connectivity index (χ3v) is 1.16. The highest BCUT2D eigenvalue weighted by molar-refractivity contribution is 4.92. The van der Waals surface area contributed by atoms with Gasteiger partial charge in [0.1, 0.15) is 5.76 Å². The van der Waals surface area contributed by atoms with Gasteiger partial charge in [0.05, 0.1) is 6.04 Å². The molecule has 0 aliphatic carbocycles. The van der Waals surface area contributed by atoms with Crippen LogP contribution in [0.4, 0.5) is 0 Å². The smallest absolute Gasteiger partial charge is 0.102 e. The van der Waals surface area contributed by atoms with Crippen LogP contribution in [0, 0.1) is 0 Å². The standard InChI is InChI=1S/C6H13NO/c1-4-6(7-3)5(2)8/h6-8H,2,4H2,1,3H3. The summed E-state index contributed by atoms with van der Waals surface area (Å²) in [4.78, 5) is 0. The Morgan fingerprint density at radius 1 is 1.88 bits per heavy atom. The SMILES string of the molecule is C=C(O)C(CC)NC. The monoisotopic (exact) mass is 115 g/mol. The van der Waals surface area contributed by atoms with Crippen molar-refractivity contribution in [3.8, 4) is 0 Å². The number of nitrogens with one attached hydrogen (secondary N) is 1. The van der Waals surface area contributed by atoms with E-state index in [9.17, 15) is 0 Å². The molecule has 0 saturated heterocycles. The van der Waals surface area contributed by atoms with Gasteiger partial charge in [-0.3, -0.25) is 0 Å². The molecule has 0 aromatic rings. The Bertz CT molecular complexity index is 76.6. The van der Waals surface area contributed by atoms with Crippen LogP contribution in [0.3, 0.4) is 0 Å². The molecule has 2 nitrogen and oxygen atoms in total. The number of hydrogen-bond donors (Lipinski definition) is 2. The van der Waals surface area contributed by atoms with Gasteiger partial charge < -0.3 is 10.4 Å². The highest BCUT2D eigenvalue weighted by atomic mass is 16.3. The van der Waals surface area contributed by atoms with Gasteiger partial charge in [-0.1, -0.05) is 13.5 Å². The summed E-state index contributed by atoms with van der Waals surface area (Å²) in [5, 5.41) is 11.7. The largest absolute Gasteiger partial charge is 0.511 e. The van der Waals surface area contributed by atoms with Crippen LogP contribution in [0.15, 0.2) is 12.3 Å². The second kappa shape index (κ2) is 3.50. The van der Waals surface area contributed by atoms with Gasteiger partial charge in [0, 0.05) is 0 Å². The maximum Gasteiger partial charge on any atom is 0.102 e. The molecule has 0 fully saturated rings. The van der Waals surface area contributed by atoms with Gasteiger partial charge in [-0.2, -0.15) is 0 Å². The fourth-order valence-corrected chi connectivity index (χ4v) is 0.606. The number of likely N-dealkylation sites (N-methyl/N-ethyl adjacent to an activating group) is 1. The van der Waals surface area contributed by atoms with Crippen molar-refractivity contribution >= 4 is 0 Å². The van der Waals surface area contributed by atoms with E-state index in [1.807, 2.05) is 6.92 Å². The Morgan fingerprint density at radius 3 is 2.38 bits per heavy atom. The first-order valence-electron chi connectivity index (χ1n) is 2.77. The minimum absolute atomic E-state index is 0.0648. The molecule has 0 aromatic carbocycles. The molecule has 0 spiro atoms. The van der Waals surface area contributed by atoms with Gasteiger partial charge in [-0.25, -0.2) is 0 Å². The van der Waals surface area contributed by atoms with Crippen LogP contribution in [0.1, 0.15) is 13.3 Å². The number of aliphatic hydroxyl groups excluding tert-OH is 1. The van der Waals surface area contributed by atoms with Crippen molar-refractivity contribution in [3.05, 3.63) is 12.3 Å². The minimum Gasteiger partial charge on any atom is -0.511 e. The van der Waals surface area contributed by atoms with Gasteiger partial charge in [-0.15, -0.1) is 0 Å². The molecular formula is C6H13NO. The first-order valence-corrected chi connectivity index (χ1v) is 2.77. The molecule has 0 aromatic heterocycles. The zero-order valence-electron chi connectivity index (χ0n) is 5.44. The molecule has 2 N–H and O–H groups in total. The Balaban J connectivity index is 3.52. The average Bonchev–Trinajstić information content (AvgIpc) is 1.69. The number of aliphatic hydroxyl groups is 1. The zero-order chi connectivity index (χ0) is 6.57. The fraction of sp³-hybridized carbons (Fsp3) is 0.667. The maximum atomic E-state index is 8.76. The maximum absolute atomic E-state index is 8.76. The lowest BCUT2D eigenvalue weighted by Crippen LogP contribution is -2.25. The molecule has 0 rings (SSSR count). The molecule has 2 heteroatoms. The van der Waals surface area contributed by atoms with E-state index in [0.717, 1.165) is 6.42 Å². The van der Waals surface area contributed by atoms with E-state index < -0.39 is 0 Å². The summed E-state index contributed by atoms with van der Waals surface area (Å²) in [5.74, 6) is 0.218. The van der Waals surface area contributed by atoms with Crippen molar-refractivity contribution in [3.63, 3.8) is 0 Å². The van der Waals surface area contributed by atoms with Crippen LogP contribution in [-0.4, -0.2) is 18.2 Å². The Hall–Kier alpha value is -0.500. The predicted octanol–water partition coefficient (Wildman–Crippen LogP) is 1.06. The summed E-state index contributed by atoms with van der Waals surface area (Å²) in [7, 11) is 1.80. The number of hydrogen-bond acceptors (Lipinski definition) is 2. The molecular weight excluding hydrogens is 102 g/mol. The zero-order valence-corrected chi connectivity index (χ0v) is 5.44. The van der Waals surface area contributed by atoms with Crippen LogP contribution in [0.2, 0.25) is 0 Å². The van der Waals surface area contributed by atoms with Crippen molar-refractivity contribution in [1.82, 2.24) is 5.32 Å². The quantitative estimate of drug-likeness (QED) is 0.539. The van der Waals surface area contributed by atoms with Crippen molar-refractivity contribution < 1.29 is 5.11 Å². The molecule has 0 heterocycles. The lowest BCUT2D eigenvalue weighted by atomic mass is 10.2. The van der Waals surface area contributed by atoms with E-state index >= 15 is 0 Å². The fourth-order valence-electron chi connectivity index (χ4n) is 0.606. The summed E-state index contributed by atoms with van der Waals surface area (Å²) in [5.41, 5.74) is 0. The molecule has 0 aliphatic rings. The van der Waals surface area contributed by atoms with Crippen LogP contribution >= 0.6 is 0 Å². The normalized spacial score (nSPS) is 13.2. The van der Waals surface area contributed by atoms with Crippen molar-refractivity contribution in [1.29, 1.82) is 0 Å². The lowest BCUT2D eigenvalue weighted by molar-refractivity contribution is 0.346. The van der Waals surface area contributed by atoms with Gasteiger partial charge in [0.25, 0.3) is 0 Å². The van der Waals surface area contributed by atoms with Crippen LogP contribution in [0.5, 0.6) is 0 Å². The molecule has 0 radical (unpaired) electrons. The van der Waals surface area contributed by atoms with E-state index in [4.69, 9.17) is 5.11 Å². The molecule has 1 atom stereocenters. The molecule has 8 heavy (non-hydrogen) atoms. The number of rotatable bonds is 3. The van der Waals surface area contributed by atoms with E-state index in [0.29, 0.717) is 0 Å². The third kappa shape index (κ3) is 1.98. The predicted molar refractivity (Wildman–Crippen MR) is 34.9 cm³/mol. The van der Waals surface area contributed by atoms with Crippen molar-refractivity contribution in [2.24, 2.45) is 0 Å². The van der Waals surface area contributed by atoms with Crippen molar-refractivity contribution in [2.45, 2.75) is 19.4 Å². The second-order valence-corrected chi connectivity index (χ2v) is 1.74. The Kier molecular flexibility index (Phi) is 3.28. The summed E-state index contributed by atoms with van der Waals surface area (Å²) < 4.78 is 0. The van der Waals surface area contributed by atoms with Crippen molar-refractivity contribution in [2.75, 3.05) is 7.05 Å². The van der Waals surface area contributed by atoms with Gasteiger partial charge in [0.2, 0.25) is 0 Å². The Morgan fingerprint density at radius 2 is 2.38 bits per heavy atom. The van der Waals surface area contributed by atoms with Gasteiger partial charge in [-0.05, 0) is 13.5 Å². The average molecular weight is 115 g/mol. The molecule has 0 bridgehead atoms. The van der Waals surface area contributed by atoms with E-state index in [1.165, 1.54) is 0 Å². The highest BCUT2D eigenvalue weighted by Gasteiger charge is 2.02. The first kappa shape index (κ1) is 7.50. The van der Waals surface area contributed by atoms with Crippen LogP contribution in [0.25, 0.3) is 0 Å². The summed E-state index contributed by atoms with van der Waals surface area (Å²) in [6.07, 6.45) is 0.881. The highest BCUT2D eigenvalue weighted by Crippen LogP contribution is 1.96. The van der Waals surface area contributed by atoms with Crippen LogP contribution < -0.4 is 5.32 Å². The first-order chi connectivity index (χ1) is 3.72. The van der Waals surface area contributed by atoms with E-state index in [-0.39, 0.29) is 11.8 Å². The molecule has 0 amide bonds. The minimum atomic E-state index is 0.0648.